The van der Waals surface area contributed by atoms with Crippen molar-refractivity contribution in [2.45, 2.75) is 16.7 Å². The summed E-state index contributed by atoms with van der Waals surface area (Å²) in [6.45, 7) is 1.43. The maximum Gasteiger partial charge on any atom is 0.271 e. The van der Waals surface area contributed by atoms with Crippen molar-refractivity contribution in [3.8, 4) is 5.75 Å². The number of nitro groups is 1. The minimum Gasteiger partial charge on any atom is -0.506 e. The molecule has 2 rings (SSSR count). The van der Waals surface area contributed by atoms with Crippen molar-refractivity contribution in [3.63, 3.8) is 0 Å². The molecule has 0 aromatic heterocycles. The number of hydrogen-bond donors (Lipinski definition) is 2. The summed E-state index contributed by atoms with van der Waals surface area (Å²) in [6, 6.07) is 5.92. The fourth-order valence-electron chi connectivity index (χ4n) is 2.20. The highest BCUT2D eigenvalue weighted by Crippen LogP contribution is 2.28. The lowest BCUT2D eigenvalue weighted by Gasteiger charge is -2.10. The lowest BCUT2D eigenvalue weighted by Crippen LogP contribution is -2.14. The number of amides is 1. The van der Waals surface area contributed by atoms with Crippen LogP contribution in [0.5, 0.6) is 5.75 Å². The number of benzene rings is 2. The zero-order chi connectivity index (χ0) is 21.3. The monoisotopic (exact) mass is 428 g/mol. The smallest absolute Gasteiger partial charge is 0.271 e. The molecule has 12 heteroatoms. The third kappa shape index (κ3) is 4.64. The van der Waals surface area contributed by atoms with Crippen LogP contribution in [0.4, 0.5) is 11.4 Å². The fraction of sp³-hybridized carbons (Fsp3) is 0.188. The summed E-state index contributed by atoms with van der Waals surface area (Å²) in [5.74, 6) is -1.60. The number of nitrogens with one attached hydrogen (secondary N) is 1. The molecule has 0 bridgehead atoms. The molecule has 2 aromatic rings. The summed E-state index contributed by atoms with van der Waals surface area (Å²) >= 11 is 0. The second-order valence-electron chi connectivity index (χ2n) is 5.78. The van der Waals surface area contributed by atoms with Crippen LogP contribution in [-0.2, 0) is 19.7 Å². The Hall–Kier alpha value is -2.99. The quantitative estimate of drug-likeness (QED) is 0.399. The summed E-state index contributed by atoms with van der Waals surface area (Å²) < 4.78 is 47.4. The zero-order valence-corrected chi connectivity index (χ0v) is 16.4. The lowest BCUT2D eigenvalue weighted by molar-refractivity contribution is -0.385. The molecule has 0 fully saturated rings. The first-order valence-electron chi connectivity index (χ1n) is 7.72. The van der Waals surface area contributed by atoms with E-state index in [-0.39, 0.29) is 21.9 Å². The Kier molecular flexibility index (Phi) is 5.75. The van der Waals surface area contributed by atoms with Gasteiger partial charge in [-0.05, 0) is 24.3 Å². The third-order valence-electron chi connectivity index (χ3n) is 3.75. The number of carbonyl (C=O) groups excluding carboxylic acids is 1. The van der Waals surface area contributed by atoms with Crippen LogP contribution in [0.25, 0.3) is 0 Å². The van der Waals surface area contributed by atoms with Crippen molar-refractivity contribution in [1.82, 2.24) is 0 Å². The molecule has 10 nitrogen and oxygen atoms in total. The van der Waals surface area contributed by atoms with Crippen molar-refractivity contribution in [2.75, 3.05) is 17.3 Å². The van der Waals surface area contributed by atoms with E-state index in [1.54, 1.807) is 0 Å². The van der Waals surface area contributed by atoms with Crippen molar-refractivity contribution < 1.29 is 31.7 Å². The number of nitro benzene ring substituents is 1. The van der Waals surface area contributed by atoms with Crippen LogP contribution in [0, 0.1) is 10.1 Å². The molecule has 1 amide bonds. The predicted molar refractivity (Wildman–Crippen MR) is 100.0 cm³/mol. The van der Waals surface area contributed by atoms with E-state index in [0.29, 0.717) is 0 Å². The van der Waals surface area contributed by atoms with Gasteiger partial charge in [0.25, 0.3) is 11.6 Å². The van der Waals surface area contributed by atoms with Gasteiger partial charge in [-0.15, -0.1) is 0 Å². The number of non-ortho nitro benzene ring substituents is 1. The molecule has 0 radical (unpaired) electrons. The summed E-state index contributed by atoms with van der Waals surface area (Å²) in [6.07, 6.45) is 0.832. The summed E-state index contributed by atoms with van der Waals surface area (Å²) in [7, 11) is -7.45. The van der Waals surface area contributed by atoms with Crippen LogP contribution in [0.1, 0.15) is 17.3 Å². The minimum atomic E-state index is -3.84. The van der Waals surface area contributed by atoms with Gasteiger partial charge in [-0.3, -0.25) is 14.9 Å². The zero-order valence-electron chi connectivity index (χ0n) is 14.7. The van der Waals surface area contributed by atoms with E-state index in [4.69, 9.17) is 0 Å². The van der Waals surface area contributed by atoms with Crippen LogP contribution in [0.2, 0.25) is 0 Å². The molecule has 2 N–H and O–H groups in total. The third-order valence-corrected chi connectivity index (χ3v) is 6.57. The van der Waals surface area contributed by atoms with Crippen molar-refractivity contribution >= 4 is 37.0 Å². The first-order chi connectivity index (χ1) is 12.8. The van der Waals surface area contributed by atoms with E-state index in [0.717, 1.165) is 36.6 Å². The Morgan fingerprint density at radius 1 is 1.11 bits per heavy atom. The number of rotatable bonds is 6. The molecule has 0 spiro atoms. The van der Waals surface area contributed by atoms with E-state index < -0.39 is 46.8 Å². The summed E-state index contributed by atoms with van der Waals surface area (Å²) in [5, 5.41) is 23.1. The van der Waals surface area contributed by atoms with E-state index in [1.165, 1.54) is 13.0 Å². The maximum absolute atomic E-state index is 12.5. The molecular formula is C16H16N2O8S2. The second kappa shape index (κ2) is 7.56. The molecule has 0 atom stereocenters. The normalized spacial score (nSPS) is 11.8. The Bertz CT molecular complexity index is 1170. The van der Waals surface area contributed by atoms with Gasteiger partial charge < -0.3 is 10.4 Å². The van der Waals surface area contributed by atoms with Crippen LogP contribution in [-0.4, -0.2) is 44.8 Å². The average Bonchev–Trinajstić information content (AvgIpc) is 2.62. The Morgan fingerprint density at radius 3 is 2.29 bits per heavy atom. The minimum absolute atomic E-state index is 0.140. The van der Waals surface area contributed by atoms with E-state index in [9.17, 15) is 36.9 Å². The number of phenols is 1. The van der Waals surface area contributed by atoms with Gasteiger partial charge in [-0.25, -0.2) is 16.8 Å². The lowest BCUT2D eigenvalue weighted by atomic mass is 10.2. The highest BCUT2D eigenvalue weighted by atomic mass is 32.2. The van der Waals surface area contributed by atoms with Crippen LogP contribution in [0.15, 0.2) is 46.2 Å². The topological polar surface area (TPSA) is 161 Å². The van der Waals surface area contributed by atoms with Gasteiger partial charge in [0.2, 0.25) is 0 Å². The highest BCUT2D eigenvalue weighted by Gasteiger charge is 2.21. The predicted octanol–water partition coefficient (Wildman–Crippen LogP) is 1.75. The molecule has 0 unspecified atom stereocenters. The molecule has 0 saturated carbocycles. The van der Waals surface area contributed by atoms with E-state index >= 15 is 0 Å². The number of aromatic hydroxyl groups is 1. The Labute approximate surface area is 160 Å². The molecule has 0 aliphatic heterocycles. The van der Waals surface area contributed by atoms with Gasteiger partial charge in [0.05, 0.1) is 26.2 Å². The molecule has 150 valence electrons. The van der Waals surface area contributed by atoms with Gasteiger partial charge in [0, 0.05) is 24.0 Å². The van der Waals surface area contributed by atoms with E-state index in [1.807, 2.05) is 0 Å². The summed E-state index contributed by atoms with van der Waals surface area (Å²) in [4.78, 5) is 22.1. The van der Waals surface area contributed by atoms with Crippen molar-refractivity contribution in [2.24, 2.45) is 0 Å². The van der Waals surface area contributed by atoms with Crippen LogP contribution >= 0.6 is 0 Å². The van der Waals surface area contributed by atoms with Gasteiger partial charge in [-0.2, -0.15) is 0 Å². The highest BCUT2D eigenvalue weighted by molar-refractivity contribution is 7.91. The molecule has 0 aliphatic carbocycles. The number of carbonyl (C=O) groups is 1. The fourth-order valence-corrected chi connectivity index (χ4v) is 3.79. The number of hydrogen-bond acceptors (Lipinski definition) is 8. The molecule has 0 aliphatic rings. The molecular weight excluding hydrogens is 412 g/mol. The maximum atomic E-state index is 12.5. The molecule has 0 heterocycles. The van der Waals surface area contributed by atoms with Crippen molar-refractivity contribution in [1.29, 1.82) is 0 Å². The van der Waals surface area contributed by atoms with Crippen molar-refractivity contribution in [3.05, 3.63) is 52.1 Å². The van der Waals surface area contributed by atoms with Crippen LogP contribution < -0.4 is 5.32 Å². The Morgan fingerprint density at radius 2 is 1.75 bits per heavy atom. The molecule has 0 saturated heterocycles. The largest absolute Gasteiger partial charge is 0.506 e. The standard InChI is InChI=1S/C16H16N2O8S2/c1-3-28(25,26)12-4-5-15(19)14(9-12)17-16(20)10-6-11(18(21)22)8-13(7-10)27(2,23)24/h4-9,19H,3H2,1-2H3,(H,17,20). The first-order valence-corrected chi connectivity index (χ1v) is 11.3. The van der Waals surface area contributed by atoms with Gasteiger partial charge in [0.1, 0.15) is 5.75 Å². The summed E-state index contributed by atoms with van der Waals surface area (Å²) in [5.41, 5.74) is -1.20. The van der Waals surface area contributed by atoms with Gasteiger partial charge in [0.15, 0.2) is 19.7 Å². The average molecular weight is 428 g/mol. The number of sulfone groups is 2. The molecule has 28 heavy (non-hydrogen) atoms. The number of anilines is 1. The van der Waals surface area contributed by atoms with E-state index in [2.05, 4.69) is 5.32 Å². The van der Waals surface area contributed by atoms with Gasteiger partial charge in [-0.1, -0.05) is 6.92 Å². The van der Waals surface area contributed by atoms with Crippen LogP contribution in [0.3, 0.4) is 0 Å². The number of nitrogens with zero attached hydrogens (tertiary/aromatic N) is 1. The Balaban J connectivity index is 2.50. The molecule has 2 aromatic carbocycles. The first kappa shape index (κ1) is 21.3. The SMILES string of the molecule is CCS(=O)(=O)c1ccc(O)c(NC(=O)c2cc([N+](=O)[O-])cc(S(C)(=O)=O)c2)c1. The number of phenolic OH excluding ortho intramolecular Hbond substituents is 1. The van der Waals surface area contributed by atoms with Gasteiger partial charge >= 0.3 is 0 Å². The second-order valence-corrected chi connectivity index (χ2v) is 10.1.